The van der Waals surface area contributed by atoms with Crippen LogP contribution < -0.4 is 15.4 Å². The van der Waals surface area contributed by atoms with E-state index in [-0.39, 0.29) is 23.8 Å². The fraction of sp³-hybridized carbons (Fsp3) is 0.562. The number of nitrogens with one attached hydrogen (secondary N) is 2. The van der Waals surface area contributed by atoms with Crippen molar-refractivity contribution in [2.45, 2.75) is 39.1 Å². The summed E-state index contributed by atoms with van der Waals surface area (Å²) in [5.74, 6) is 0.157. The van der Waals surface area contributed by atoms with Gasteiger partial charge in [-0.2, -0.15) is 13.2 Å². The van der Waals surface area contributed by atoms with Crippen LogP contribution in [0.1, 0.15) is 31.4 Å². The molecule has 0 radical (unpaired) electrons. The lowest BCUT2D eigenvalue weighted by Crippen LogP contribution is -2.38. The van der Waals surface area contributed by atoms with Crippen molar-refractivity contribution in [1.82, 2.24) is 10.6 Å². The molecule has 1 aromatic carbocycles. The number of halogens is 3. The van der Waals surface area contributed by atoms with Crippen LogP contribution in [0.3, 0.4) is 0 Å². The van der Waals surface area contributed by atoms with Crippen molar-refractivity contribution in [3.63, 3.8) is 0 Å². The number of amides is 2. The van der Waals surface area contributed by atoms with Gasteiger partial charge in [0, 0.05) is 13.1 Å². The summed E-state index contributed by atoms with van der Waals surface area (Å²) in [6, 6.07) is 3.03. The van der Waals surface area contributed by atoms with Gasteiger partial charge in [-0.1, -0.05) is 13.0 Å². The summed E-state index contributed by atoms with van der Waals surface area (Å²) in [6.45, 7) is 3.58. The van der Waals surface area contributed by atoms with E-state index >= 15 is 0 Å². The second kappa shape index (κ2) is 8.77. The van der Waals surface area contributed by atoms with Crippen LogP contribution in [0.15, 0.2) is 18.2 Å². The van der Waals surface area contributed by atoms with Gasteiger partial charge in [-0.15, -0.1) is 0 Å². The number of alkyl halides is 3. The van der Waals surface area contributed by atoms with E-state index in [4.69, 9.17) is 4.74 Å². The quantitative estimate of drug-likeness (QED) is 0.710. The van der Waals surface area contributed by atoms with Crippen LogP contribution in [-0.4, -0.2) is 30.9 Å². The highest BCUT2D eigenvalue weighted by molar-refractivity contribution is 5.73. The first-order valence-electron chi connectivity index (χ1n) is 7.57. The van der Waals surface area contributed by atoms with Gasteiger partial charge in [0.1, 0.15) is 5.75 Å². The summed E-state index contributed by atoms with van der Waals surface area (Å²) in [7, 11) is 1.29. The Hall–Kier alpha value is -1.96. The molecule has 0 aliphatic rings. The van der Waals surface area contributed by atoms with Gasteiger partial charge < -0.3 is 20.5 Å². The number of rotatable bonds is 7. The third-order valence-electron chi connectivity index (χ3n) is 3.42. The maximum atomic E-state index is 13.1. The minimum atomic E-state index is -4.53. The Morgan fingerprint density at radius 2 is 1.96 bits per heavy atom. The van der Waals surface area contributed by atoms with Crippen LogP contribution in [0.4, 0.5) is 18.0 Å². The van der Waals surface area contributed by atoms with Crippen LogP contribution >= 0.6 is 0 Å². The number of carbonyl (C=O) groups excluding carboxylic acids is 1. The SMILES string of the molecule is COc1ccc(CNC(=O)NCC(C)CC(C)O)c(C(F)(F)F)c1. The number of methoxy groups -OCH3 is 1. The molecule has 8 heteroatoms. The predicted molar refractivity (Wildman–Crippen MR) is 83.7 cm³/mol. The predicted octanol–water partition coefficient (Wildman–Crippen LogP) is 2.92. The van der Waals surface area contributed by atoms with Gasteiger partial charge in [0.2, 0.25) is 0 Å². The van der Waals surface area contributed by atoms with Crippen LogP contribution in [0.25, 0.3) is 0 Å². The van der Waals surface area contributed by atoms with Crippen LogP contribution in [0.2, 0.25) is 0 Å². The number of hydrogen-bond donors (Lipinski definition) is 3. The number of aliphatic hydroxyl groups is 1. The molecule has 0 aromatic heterocycles. The van der Waals surface area contributed by atoms with Gasteiger partial charge >= 0.3 is 12.2 Å². The average molecular weight is 348 g/mol. The lowest BCUT2D eigenvalue weighted by Gasteiger charge is -2.16. The Morgan fingerprint density at radius 3 is 2.50 bits per heavy atom. The van der Waals surface area contributed by atoms with Crippen molar-refractivity contribution in [2.24, 2.45) is 5.92 Å². The average Bonchev–Trinajstić information content (AvgIpc) is 2.49. The summed E-state index contributed by atoms with van der Waals surface area (Å²) in [5.41, 5.74) is -0.889. The molecule has 0 bridgehead atoms. The van der Waals surface area contributed by atoms with Gasteiger partial charge in [0.05, 0.1) is 18.8 Å². The molecule has 2 atom stereocenters. The molecule has 0 saturated carbocycles. The largest absolute Gasteiger partial charge is 0.497 e. The number of aliphatic hydroxyl groups excluding tert-OH is 1. The van der Waals surface area contributed by atoms with Crippen molar-refractivity contribution in [3.8, 4) is 5.75 Å². The van der Waals surface area contributed by atoms with Crippen molar-refractivity contribution < 1.29 is 27.8 Å². The molecule has 1 aromatic rings. The lowest BCUT2D eigenvalue weighted by atomic mass is 10.1. The first-order chi connectivity index (χ1) is 11.1. The summed E-state index contributed by atoms with van der Waals surface area (Å²) in [5, 5.41) is 14.2. The van der Waals surface area contributed by atoms with Gasteiger partial charge in [0.25, 0.3) is 0 Å². The van der Waals surface area contributed by atoms with E-state index in [1.165, 1.54) is 19.2 Å². The van der Waals surface area contributed by atoms with Gasteiger partial charge in [-0.05, 0) is 37.0 Å². The van der Waals surface area contributed by atoms with Crippen LogP contribution in [0.5, 0.6) is 5.75 Å². The van der Waals surface area contributed by atoms with E-state index in [0.29, 0.717) is 13.0 Å². The Morgan fingerprint density at radius 1 is 1.29 bits per heavy atom. The molecule has 0 heterocycles. The smallest absolute Gasteiger partial charge is 0.416 e. The first kappa shape index (κ1) is 20.1. The highest BCUT2D eigenvalue weighted by Crippen LogP contribution is 2.34. The molecule has 136 valence electrons. The fourth-order valence-electron chi connectivity index (χ4n) is 2.27. The van der Waals surface area contributed by atoms with Crippen LogP contribution in [-0.2, 0) is 12.7 Å². The van der Waals surface area contributed by atoms with E-state index in [1.807, 2.05) is 6.92 Å². The summed E-state index contributed by atoms with van der Waals surface area (Å²) >= 11 is 0. The minimum Gasteiger partial charge on any atom is -0.497 e. The summed E-state index contributed by atoms with van der Waals surface area (Å²) in [6.07, 6.45) is -4.48. The van der Waals surface area contributed by atoms with Crippen molar-refractivity contribution in [2.75, 3.05) is 13.7 Å². The van der Waals surface area contributed by atoms with Crippen molar-refractivity contribution in [3.05, 3.63) is 29.3 Å². The third kappa shape index (κ3) is 6.66. The standard InChI is InChI=1S/C16H23F3N2O3/c1-10(6-11(2)22)8-20-15(23)21-9-12-4-5-13(24-3)7-14(12)16(17,18)19/h4-5,7,10-11,22H,6,8-9H2,1-3H3,(H2,20,21,23). The topological polar surface area (TPSA) is 70.6 Å². The lowest BCUT2D eigenvalue weighted by molar-refractivity contribution is -0.138. The molecular weight excluding hydrogens is 325 g/mol. The van der Waals surface area contributed by atoms with Crippen molar-refractivity contribution >= 4 is 6.03 Å². The van der Waals surface area contributed by atoms with E-state index in [0.717, 1.165) is 6.07 Å². The minimum absolute atomic E-state index is 0.0459. The van der Waals surface area contributed by atoms with E-state index in [9.17, 15) is 23.1 Å². The highest BCUT2D eigenvalue weighted by Gasteiger charge is 2.33. The van der Waals surface area contributed by atoms with Gasteiger partial charge in [0.15, 0.2) is 0 Å². The fourth-order valence-corrected chi connectivity index (χ4v) is 2.27. The second-order valence-corrected chi connectivity index (χ2v) is 5.77. The molecule has 5 nitrogen and oxygen atoms in total. The Kier molecular flexibility index (Phi) is 7.34. The van der Waals surface area contributed by atoms with Gasteiger partial charge in [-0.3, -0.25) is 0 Å². The van der Waals surface area contributed by atoms with E-state index in [2.05, 4.69) is 10.6 Å². The zero-order chi connectivity index (χ0) is 18.3. The molecule has 0 fully saturated rings. The molecule has 0 aliphatic heterocycles. The maximum Gasteiger partial charge on any atom is 0.416 e. The normalized spacial score (nSPS) is 14.0. The number of benzene rings is 1. The summed E-state index contributed by atoms with van der Waals surface area (Å²) in [4.78, 5) is 11.7. The molecule has 3 N–H and O–H groups in total. The zero-order valence-corrected chi connectivity index (χ0v) is 13.9. The number of urea groups is 1. The van der Waals surface area contributed by atoms with E-state index < -0.39 is 23.9 Å². The first-order valence-corrected chi connectivity index (χ1v) is 7.57. The molecular formula is C16H23F3N2O3. The van der Waals surface area contributed by atoms with Crippen LogP contribution in [0, 0.1) is 5.92 Å². The van der Waals surface area contributed by atoms with Gasteiger partial charge in [-0.25, -0.2) is 4.79 Å². The zero-order valence-electron chi connectivity index (χ0n) is 13.9. The number of ether oxygens (including phenoxy) is 1. The molecule has 0 saturated heterocycles. The molecule has 0 spiro atoms. The Labute approximate surface area is 139 Å². The number of hydrogen-bond acceptors (Lipinski definition) is 3. The van der Waals surface area contributed by atoms with E-state index in [1.54, 1.807) is 6.92 Å². The third-order valence-corrected chi connectivity index (χ3v) is 3.42. The Bertz CT molecular complexity index is 548. The summed E-state index contributed by atoms with van der Waals surface area (Å²) < 4.78 is 44.0. The maximum absolute atomic E-state index is 13.1. The second-order valence-electron chi connectivity index (χ2n) is 5.77. The molecule has 1 rings (SSSR count). The molecule has 24 heavy (non-hydrogen) atoms. The van der Waals surface area contributed by atoms with Crippen molar-refractivity contribution in [1.29, 1.82) is 0 Å². The highest BCUT2D eigenvalue weighted by atomic mass is 19.4. The monoisotopic (exact) mass is 348 g/mol. The molecule has 0 aliphatic carbocycles. The molecule has 2 unspecified atom stereocenters. The Balaban J connectivity index is 2.62. The molecule has 2 amide bonds. The number of carbonyl (C=O) groups is 1.